The lowest BCUT2D eigenvalue weighted by atomic mass is 10.1. The highest BCUT2D eigenvalue weighted by Crippen LogP contribution is 2.13. The zero-order valence-corrected chi connectivity index (χ0v) is 14.1. The fourth-order valence-corrected chi connectivity index (χ4v) is 2.28. The van der Waals surface area contributed by atoms with Crippen molar-refractivity contribution in [2.45, 2.75) is 32.6 Å². The molecule has 2 aromatic heterocycles. The van der Waals surface area contributed by atoms with Gasteiger partial charge in [-0.1, -0.05) is 31.1 Å². The monoisotopic (exact) mass is 341 g/mol. The van der Waals surface area contributed by atoms with E-state index in [1.54, 1.807) is 18.2 Å². The number of carbonyl (C=O) groups is 1. The van der Waals surface area contributed by atoms with Crippen molar-refractivity contribution in [3.05, 3.63) is 47.9 Å². The molecule has 0 unspecified atom stereocenters. The molecule has 0 fully saturated rings. The first-order chi connectivity index (χ1) is 12.1. The van der Waals surface area contributed by atoms with Gasteiger partial charge in [-0.15, -0.1) is 5.10 Å². The Labute approximate surface area is 144 Å². The van der Waals surface area contributed by atoms with Crippen molar-refractivity contribution in [3.8, 4) is 5.69 Å². The second-order valence-corrected chi connectivity index (χ2v) is 5.83. The molecule has 1 aromatic carbocycles. The average Bonchev–Trinajstić information content (AvgIpc) is 3.30. The third-order valence-corrected chi connectivity index (χ3v) is 3.60. The van der Waals surface area contributed by atoms with Crippen molar-refractivity contribution in [2.24, 2.45) is 0 Å². The van der Waals surface area contributed by atoms with Crippen LogP contribution in [0.25, 0.3) is 5.69 Å². The number of aryl methyl sites for hydroxylation is 1. The second kappa shape index (κ2) is 7.65. The molecule has 0 saturated heterocycles. The molecule has 3 rings (SSSR count). The van der Waals surface area contributed by atoms with Crippen molar-refractivity contribution >= 4 is 5.91 Å². The lowest BCUT2D eigenvalue weighted by Crippen LogP contribution is -2.26. The Morgan fingerprint density at radius 3 is 2.88 bits per heavy atom. The maximum atomic E-state index is 12.4. The van der Waals surface area contributed by atoms with Gasteiger partial charge in [0.25, 0.3) is 5.91 Å². The van der Waals surface area contributed by atoms with Crippen LogP contribution in [0.1, 0.15) is 48.3 Å². The minimum atomic E-state index is -0.181. The Morgan fingerprint density at radius 2 is 2.16 bits per heavy atom. The molecule has 0 aliphatic carbocycles. The highest BCUT2D eigenvalue weighted by Gasteiger charge is 2.13. The lowest BCUT2D eigenvalue weighted by molar-refractivity contribution is 0.0952. The number of amides is 1. The summed E-state index contributed by atoms with van der Waals surface area (Å²) in [5.74, 6) is 1.35. The van der Waals surface area contributed by atoms with E-state index >= 15 is 0 Å². The fourth-order valence-electron chi connectivity index (χ4n) is 2.28. The van der Waals surface area contributed by atoms with Crippen LogP contribution in [0.2, 0.25) is 0 Å². The summed E-state index contributed by atoms with van der Waals surface area (Å²) < 4.78 is 6.65. The molecule has 9 heteroatoms. The zero-order valence-electron chi connectivity index (χ0n) is 14.1. The van der Waals surface area contributed by atoms with Gasteiger partial charge in [0, 0.05) is 18.9 Å². The van der Waals surface area contributed by atoms with Gasteiger partial charge in [0.2, 0.25) is 5.89 Å². The number of aromatic nitrogens is 6. The van der Waals surface area contributed by atoms with Gasteiger partial charge < -0.3 is 9.84 Å². The predicted octanol–water partition coefficient (Wildman–Crippen LogP) is 1.53. The Morgan fingerprint density at radius 1 is 1.32 bits per heavy atom. The van der Waals surface area contributed by atoms with E-state index in [4.69, 9.17) is 4.52 Å². The number of rotatable bonds is 7. The molecular formula is C16H19N7O2. The largest absolute Gasteiger partial charge is 0.352 e. The normalized spacial score (nSPS) is 11.0. The van der Waals surface area contributed by atoms with E-state index in [1.807, 2.05) is 19.9 Å². The summed E-state index contributed by atoms with van der Waals surface area (Å²) in [5, 5.41) is 17.8. The van der Waals surface area contributed by atoms with Crippen molar-refractivity contribution in [1.82, 2.24) is 35.7 Å². The molecule has 1 N–H and O–H groups in total. The van der Waals surface area contributed by atoms with Crippen LogP contribution in [-0.2, 0) is 6.42 Å². The van der Waals surface area contributed by atoms with E-state index in [0.717, 1.165) is 0 Å². The highest BCUT2D eigenvalue weighted by atomic mass is 16.5. The van der Waals surface area contributed by atoms with Gasteiger partial charge in [-0.3, -0.25) is 4.79 Å². The summed E-state index contributed by atoms with van der Waals surface area (Å²) in [7, 11) is 0. The van der Waals surface area contributed by atoms with Crippen molar-refractivity contribution in [1.29, 1.82) is 0 Å². The third kappa shape index (κ3) is 4.06. The van der Waals surface area contributed by atoms with Gasteiger partial charge in [0.1, 0.15) is 6.33 Å². The van der Waals surface area contributed by atoms with Crippen LogP contribution >= 0.6 is 0 Å². The zero-order chi connectivity index (χ0) is 17.6. The molecule has 0 atom stereocenters. The number of tetrazole rings is 1. The van der Waals surface area contributed by atoms with Crippen LogP contribution < -0.4 is 5.32 Å². The predicted molar refractivity (Wildman–Crippen MR) is 88.2 cm³/mol. The molecule has 0 radical (unpaired) electrons. The molecule has 9 nitrogen and oxygen atoms in total. The highest BCUT2D eigenvalue weighted by molar-refractivity contribution is 5.97. The number of benzene rings is 1. The molecule has 2 heterocycles. The Hall–Kier alpha value is -3.10. The molecule has 1 amide bonds. The number of nitrogens with one attached hydrogen (secondary N) is 1. The van der Waals surface area contributed by atoms with E-state index in [1.165, 1.54) is 11.0 Å². The lowest BCUT2D eigenvalue weighted by Gasteiger charge is -2.08. The topological polar surface area (TPSA) is 112 Å². The van der Waals surface area contributed by atoms with Crippen molar-refractivity contribution in [2.75, 3.05) is 6.54 Å². The van der Waals surface area contributed by atoms with Gasteiger partial charge >= 0.3 is 0 Å². The minimum Gasteiger partial charge on any atom is -0.352 e. The molecule has 0 saturated carbocycles. The summed E-state index contributed by atoms with van der Waals surface area (Å²) in [4.78, 5) is 16.7. The summed E-state index contributed by atoms with van der Waals surface area (Å²) >= 11 is 0. The van der Waals surface area contributed by atoms with Crippen LogP contribution in [0.15, 0.2) is 35.1 Å². The van der Waals surface area contributed by atoms with E-state index in [9.17, 15) is 4.79 Å². The van der Waals surface area contributed by atoms with E-state index in [2.05, 4.69) is 31.0 Å². The van der Waals surface area contributed by atoms with Crippen LogP contribution in [0.3, 0.4) is 0 Å². The number of carbonyl (C=O) groups excluding carboxylic acids is 1. The first-order valence-corrected chi connectivity index (χ1v) is 8.08. The minimum absolute atomic E-state index is 0.181. The summed E-state index contributed by atoms with van der Waals surface area (Å²) in [5.41, 5.74) is 1.14. The third-order valence-electron chi connectivity index (χ3n) is 3.60. The number of para-hydroxylation sites is 1. The molecule has 0 aliphatic rings. The van der Waals surface area contributed by atoms with Gasteiger partial charge in [-0.2, -0.15) is 9.67 Å². The summed E-state index contributed by atoms with van der Waals surface area (Å²) in [6.07, 6.45) is 2.78. The Bertz CT molecular complexity index is 827. The molecule has 3 aromatic rings. The average molecular weight is 341 g/mol. The number of nitrogens with zero attached hydrogens (tertiary/aromatic N) is 6. The fraction of sp³-hybridized carbons (Fsp3) is 0.375. The molecule has 25 heavy (non-hydrogen) atoms. The number of hydrogen-bond donors (Lipinski definition) is 1. The van der Waals surface area contributed by atoms with E-state index in [0.29, 0.717) is 42.4 Å². The Balaban J connectivity index is 1.55. The summed E-state index contributed by atoms with van der Waals surface area (Å²) in [6.45, 7) is 4.52. The maximum Gasteiger partial charge on any atom is 0.253 e. The van der Waals surface area contributed by atoms with Gasteiger partial charge in [-0.25, -0.2) is 0 Å². The molecular weight excluding hydrogens is 322 g/mol. The smallest absolute Gasteiger partial charge is 0.253 e. The van der Waals surface area contributed by atoms with Crippen molar-refractivity contribution < 1.29 is 9.32 Å². The van der Waals surface area contributed by atoms with Crippen LogP contribution in [-0.4, -0.2) is 42.8 Å². The first-order valence-electron chi connectivity index (χ1n) is 8.08. The second-order valence-electron chi connectivity index (χ2n) is 5.83. The first kappa shape index (κ1) is 16.7. The van der Waals surface area contributed by atoms with Crippen LogP contribution in [0.4, 0.5) is 0 Å². The quantitative estimate of drug-likeness (QED) is 0.649. The SMILES string of the molecule is CC(C)c1noc(CCCNC(=O)c2ccccc2-n2cnnn2)n1. The van der Waals surface area contributed by atoms with Gasteiger partial charge in [-0.05, 0) is 29.0 Å². The van der Waals surface area contributed by atoms with Crippen LogP contribution in [0, 0.1) is 0 Å². The van der Waals surface area contributed by atoms with Crippen molar-refractivity contribution in [3.63, 3.8) is 0 Å². The molecule has 0 bridgehead atoms. The van der Waals surface area contributed by atoms with Gasteiger partial charge in [0.15, 0.2) is 5.82 Å². The summed E-state index contributed by atoms with van der Waals surface area (Å²) in [6, 6.07) is 7.15. The van der Waals surface area contributed by atoms with E-state index < -0.39 is 0 Å². The number of hydrogen-bond acceptors (Lipinski definition) is 7. The van der Waals surface area contributed by atoms with Gasteiger partial charge in [0.05, 0.1) is 11.3 Å². The Kier molecular flexibility index (Phi) is 5.12. The standard InChI is InChI=1S/C16H19N7O2/c1-11(2)15-19-14(25-20-15)8-5-9-17-16(24)12-6-3-4-7-13(12)23-10-18-21-22-23/h3-4,6-7,10-11H,5,8-9H2,1-2H3,(H,17,24). The molecule has 0 spiro atoms. The maximum absolute atomic E-state index is 12.4. The molecule has 130 valence electrons. The van der Waals surface area contributed by atoms with Crippen LogP contribution in [0.5, 0.6) is 0 Å². The molecule has 0 aliphatic heterocycles. The van der Waals surface area contributed by atoms with E-state index in [-0.39, 0.29) is 11.8 Å².